The highest BCUT2D eigenvalue weighted by Crippen LogP contribution is 2.43. The number of nitrogens with zero attached hydrogens (tertiary/aromatic N) is 1. The van der Waals surface area contributed by atoms with Gasteiger partial charge < -0.3 is 19.1 Å². The molecule has 1 saturated heterocycles. The largest absolute Gasteiger partial charge is 0.489 e. The Kier molecular flexibility index (Phi) is 8.88. The second-order valence-corrected chi connectivity index (χ2v) is 11.6. The Bertz CT molecular complexity index is 1360. The van der Waals surface area contributed by atoms with Gasteiger partial charge in [0.1, 0.15) is 12.4 Å². The van der Waals surface area contributed by atoms with Crippen molar-refractivity contribution in [2.75, 3.05) is 32.2 Å². The Hall–Kier alpha value is -3.34. The molecule has 214 valence electrons. The summed E-state index contributed by atoms with van der Waals surface area (Å²) in [5.74, 6) is 1.41. The van der Waals surface area contributed by atoms with E-state index in [1.165, 1.54) is 59.2 Å². The molecule has 1 heterocycles. The maximum absolute atomic E-state index is 6.21. The summed E-state index contributed by atoms with van der Waals surface area (Å²) in [7, 11) is 3.49. The molecular formula is C37H43NO3. The van der Waals surface area contributed by atoms with Gasteiger partial charge in [0.2, 0.25) is 0 Å². The molecule has 0 unspecified atom stereocenters. The van der Waals surface area contributed by atoms with Crippen LogP contribution in [-0.2, 0) is 22.5 Å². The van der Waals surface area contributed by atoms with Gasteiger partial charge in [-0.1, -0.05) is 54.6 Å². The Morgan fingerprint density at radius 2 is 1.61 bits per heavy atom. The fourth-order valence-corrected chi connectivity index (χ4v) is 6.91. The van der Waals surface area contributed by atoms with Gasteiger partial charge in [0.25, 0.3) is 0 Å². The number of anilines is 1. The third kappa shape index (κ3) is 6.29. The molecule has 3 aliphatic rings. The standard InChI is InChI=1S/C37H43NO3/c1-39-37(40-2)30-21-23-38(24-22-30)32-16-13-29(14-17-32)36-34(28-11-7-4-8-12-28)19-15-31-25-33(18-20-35(31)36)41-26-27-9-5-3-6-10-27/h3,5-6,9-11,13-14,16-18,20,25,30,37H,4,7-8,12,15,19,21-24,26H2,1-2H3. The van der Waals surface area contributed by atoms with Gasteiger partial charge in [0.15, 0.2) is 6.29 Å². The van der Waals surface area contributed by atoms with E-state index in [1.807, 2.05) is 6.07 Å². The number of allylic oxidation sites excluding steroid dienone is 3. The molecule has 1 aliphatic heterocycles. The molecule has 0 N–H and O–H groups in total. The van der Waals surface area contributed by atoms with Crippen LogP contribution in [0.1, 0.15) is 67.2 Å². The zero-order valence-corrected chi connectivity index (χ0v) is 24.6. The van der Waals surface area contributed by atoms with E-state index < -0.39 is 0 Å². The minimum atomic E-state index is -0.102. The number of fused-ring (bicyclic) bond motifs is 1. The van der Waals surface area contributed by atoms with Crippen molar-refractivity contribution in [1.29, 1.82) is 0 Å². The molecule has 6 rings (SSSR count). The highest BCUT2D eigenvalue weighted by atomic mass is 16.7. The van der Waals surface area contributed by atoms with Crippen LogP contribution in [0.2, 0.25) is 0 Å². The highest BCUT2D eigenvalue weighted by molar-refractivity contribution is 5.88. The minimum Gasteiger partial charge on any atom is -0.489 e. The fraction of sp³-hybridized carbons (Fsp3) is 0.405. The topological polar surface area (TPSA) is 30.9 Å². The SMILES string of the molecule is COC(OC)C1CCN(c2ccc(C3=C(C4=CCCCC4)CCc4cc(OCc5ccccc5)ccc43)cc2)CC1. The molecule has 0 bridgehead atoms. The molecule has 4 nitrogen and oxygen atoms in total. The van der Waals surface area contributed by atoms with Gasteiger partial charge in [-0.15, -0.1) is 0 Å². The number of hydrogen-bond donors (Lipinski definition) is 0. The molecule has 3 aromatic rings. The van der Waals surface area contributed by atoms with E-state index in [4.69, 9.17) is 14.2 Å². The number of benzene rings is 3. The van der Waals surface area contributed by atoms with E-state index >= 15 is 0 Å². The van der Waals surface area contributed by atoms with E-state index in [2.05, 4.69) is 77.7 Å². The van der Waals surface area contributed by atoms with E-state index in [1.54, 1.807) is 25.4 Å². The highest BCUT2D eigenvalue weighted by Gasteiger charge is 2.27. The zero-order valence-electron chi connectivity index (χ0n) is 24.6. The first-order chi connectivity index (χ1) is 20.2. The third-order valence-corrected chi connectivity index (χ3v) is 9.13. The van der Waals surface area contributed by atoms with Crippen molar-refractivity contribution in [3.05, 3.63) is 112 Å². The summed E-state index contributed by atoms with van der Waals surface area (Å²) in [6.07, 6.45) is 11.7. The lowest BCUT2D eigenvalue weighted by atomic mass is 9.77. The lowest BCUT2D eigenvalue weighted by Crippen LogP contribution is -2.39. The Morgan fingerprint density at radius 1 is 0.829 bits per heavy atom. The Morgan fingerprint density at radius 3 is 2.32 bits per heavy atom. The van der Waals surface area contributed by atoms with Gasteiger partial charge in [-0.3, -0.25) is 0 Å². The van der Waals surface area contributed by atoms with Crippen molar-refractivity contribution in [1.82, 2.24) is 0 Å². The van der Waals surface area contributed by atoms with Crippen LogP contribution in [0.15, 0.2) is 90.0 Å². The molecule has 3 aromatic carbocycles. The predicted octanol–water partition coefficient (Wildman–Crippen LogP) is 8.35. The van der Waals surface area contributed by atoms with Crippen LogP contribution < -0.4 is 9.64 Å². The summed E-state index contributed by atoms with van der Waals surface area (Å²) in [4.78, 5) is 2.51. The van der Waals surface area contributed by atoms with Crippen LogP contribution in [0.25, 0.3) is 5.57 Å². The van der Waals surface area contributed by atoms with Crippen LogP contribution in [0.3, 0.4) is 0 Å². The zero-order chi connectivity index (χ0) is 28.0. The van der Waals surface area contributed by atoms with E-state index in [-0.39, 0.29) is 6.29 Å². The van der Waals surface area contributed by atoms with Gasteiger partial charge in [0, 0.05) is 38.9 Å². The van der Waals surface area contributed by atoms with Gasteiger partial charge in [-0.25, -0.2) is 0 Å². The van der Waals surface area contributed by atoms with Crippen molar-refractivity contribution in [3.8, 4) is 5.75 Å². The number of methoxy groups -OCH3 is 2. The van der Waals surface area contributed by atoms with Crippen molar-refractivity contribution >= 4 is 11.3 Å². The Labute approximate surface area is 245 Å². The number of aryl methyl sites for hydroxylation is 1. The smallest absolute Gasteiger partial charge is 0.159 e. The summed E-state index contributed by atoms with van der Waals surface area (Å²) in [5, 5.41) is 0. The summed E-state index contributed by atoms with van der Waals surface area (Å²) >= 11 is 0. The third-order valence-electron chi connectivity index (χ3n) is 9.13. The van der Waals surface area contributed by atoms with E-state index in [0.29, 0.717) is 12.5 Å². The average Bonchev–Trinajstić information content (AvgIpc) is 3.05. The molecule has 2 aliphatic carbocycles. The van der Waals surface area contributed by atoms with E-state index in [0.717, 1.165) is 44.5 Å². The first kappa shape index (κ1) is 27.8. The maximum Gasteiger partial charge on any atom is 0.159 e. The molecule has 41 heavy (non-hydrogen) atoms. The second-order valence-electron chi connectivity index (χ2n) is 11.6. The molecule has 0 amide bonds. The lowest BCUT2D eigenvalue weighted by molar-refractivity contribution is -0.141. The molecule has 0 atom stereocenters. The van der Waals surface area contributed by atoms with Crippen molar-refractivity contribution < 1.29 is 14.2 Å². The van der Waals surface area contributed by atoms with Crippen LogP contribution >= 0.6 is 0 Å². The monoisotopic (exact) mass is 549 g/mol. The first-order valence-corrected chi connectivity index (χ1v) is 15.4. The van der Waals surface area contributed by atoms with Crippen molar-refractivity contribution in [3.63, 3.8) is 0 Å². The number of rotatable bonds is 9. The second kappa shape index (κ2) is 13.1. The van der Waals surface area contributed by atoms with Crippen LogP contribution in [0.5, 0.6) is 5.75 Å². The molecule has 4 heteroatoms. The molecule has 1 fully saturated rings. The maximum atomic E-state index is 6.21. The molecular weight excluding hydrogens is 506 g/mol. The normalized spacial score (nSPS) is 17.9. The van der Waals surface area contributed by atoms with Gasteiger partial charge in [-0.2, -0.15) is 0 Å². The van der Waals surface area contributed by atoms with Crippen LogP contribution in [-0.4, -0.2) is 33.6 Å². The summed E-state index contributed by atoms with van der Waals surface area (Å²) in [6, 6.07) is 26.5. The average molecular weight is 550 g/mol. The van der Waals surface area contributed by atoms with Gasteiger partial charge in [0.05, 0.1) is 0 Å². The van der Waals surface area contributed by atoms with Crippen molar-refractivity contribution in [2.45, 2.75) is 64.3 Å². The summed E-state index contributed by atoms with van der Waals surface area (Å²) in [5.41, 5.74) is 11.1. The number of piperidine rings is 1. The number of ether oxygens (including phenoxy) is 3. The van der Waals surface area contributed by atoms with Crippen LogP contribution in [0.4, 0.5) is 5.69 Å². The Balaban J connectivity index is 1.25. The quantitative estimate of drug-likeness (QED) is 0.251. The molecule has 0 radical (unpaired) electrons. The summed E-state index contributed by atoms with van der Waals surface area (Å²) in [6.45, 7) is 2.65. The molecule has 0 saturated carbocycles. The number of hydrogen-bond acceptors (Lipinski definition) is 4. The van der Waals surface area contributed by atoms with Gasteiger partial charge in [-0.05, 0) is 115 Å². The lowest BCUT2D eigenvalue weighted by Gasteiger charge is -2.36. The van der Waals surface area contributed by atoms with Crippen molar-refractivity contribution in [2.24, 2.45) is 5.92 Å². The predicted molar refractivity (Wildman–Crippen MR) is 167 cm³/mol. The first-order valence-electron chi connectivity index (χ1n) is 15.4. The van der Waals surface area contributed by atoms with Crippen LogP contribution in [0, 0.1) is 5.92 Å². The molecule has 0 aromatic heterocycles. The minimum absolute atomic E-state index is 0.102. The fourth-order valence-electron chi connectivity index (χ4n) is 6.91. The van der Waals surface area contributed by atoms with Gasteiger partial charge >= 0.3 is 0 Å². The van der Waals surface area contributed by atoms with E-state index in [9.17, 15) is 0 Å². The molecule has 0 spiro atoms. The summed E-state index contributed by atoms with van der Waals surface area (Å²) < 4.78 is 17.3.